The number of anilines is 1. The Morgan fingerprint density at radius 1 is 1.37 bits per heavy atom. The zero-order valence-corrected chi connectivity index (χ0v) is 17.9. The molecule has 2 aromatic heterocycles. The molecule has 1 aliphatic carbocycles. The maximum absolute atomic E-state index is 13.2. The van der Waals surface area contributed by atoms with Crippen molar-refractivity contribution >= 4 is 44.9 Å². The maximum Gasteiger partial charge on any atom is 0.263 e. The van der Waals surface area contributed by atoms with E-state index in [1.807, 2.05) is 0 Å². The molecule has 0 saturated carbocycles. The van der Waals surface area contributed by atoms with Gasteiger partial charge >= 0.3 is 0 Å². The minimum absolute atomic E-state index is 0.0583. The molecule has 1 aromatic carbocycles. The largest absolute Gasteiger partial charge is 0.324 e. The summed E-state index contributed by atoms with van der Waals surface area (Å²) in [6.45, 7) is 4.10. The summed E-state index contributed by atoms with van der Waals surface area (Å²) in [4.78, 5) is 32.4. The Hall–Kier alpha value is -2.89. The highest BCUT2D eigenvalue weighted by atomic mass is 32.2. The predicted octanol–water partition coefficient (Wildman–Crippen LogP) is 4.13. The number of allylic oxidation sites excluding steroid dienone is 1. The number of aromatic nitrogens is 2. The lowest BCUT2D eigenvalue weighted by Gasteiger charge is -2.12. The van der Waals surface area contributed by atoms with Gasteiger partial charge in [-0.1, -0.05) is 30.0 Å². The number of fused-ring (bicyclic) bond motifs is 3. The number of hydrogen-bond acceptors (Lipinski definition) is 6. The van der Waals surface area contributed by atoms with E-state index in [9.17, 15) is 14.9 Å². The number of para-hydroxylation sites is 1. The summed E-state index contributed by atoms with van der Waals surface area (Å²) < 4.78 is 1.60. The number of nitrogens with zero attached hydrogens (tertiary/aromatic N) is 3. The Morgan fingerprint density at radius 3 is 2.97 bits per heavy atom. The Balaban J connectivity index is 1.61. The summed E-state index contributed by atoms with van der Waals surface area (Å²) in [6, 6.07) is 8.91. The van der Waals surface area contributed by atoms with E-state index in [1.165, 1.54) is 16.6 Å². The van der Waals surface area contributed by atoms with Crippen molar-refractivity contribution in [2.24, 2.45) is 0 Å². The first kappa shape index (κ1) is 20.4. The van der Waals surface area contributed by atoms with E-state index in [0.717, 1.165) is 41.5 Å². The van der Waals surface area contributed by atoms with Gasteiger partial charge in [0, 0.05) is 11.4 Å². The fourth-order valence-corrected chi connectivity index (χ4v) is 5.74. The second-order valence-electron chi connectivity index (χ2n) is 6.98. The lowest BCUT2D eigenvalue weighted by molar-refractivity contribution is -0.113. The number of thioether (sulfide) groups is 1. The molecule has 0 aliphatic heterocycles. The van der Waals surface area contributed by atoms with E-state index < -0.39 is 0 Å². The molecule has 6 nitrogen and oxygen atoms in total. The normalized spacial score (nSPS) is 12.9. The van der Waals surface area contributed by atoms with Crippen LogP contribution in [0.1, 0.15) is 28.8 Å². The molecule has 2 heterocycles. The highest BCUT2D eigenvalue weighted by Gasteiger charge is 2.22. The van der Waals surface area contributed by atoms with Crippen molar-refractivity contribution in [2.45, 2.75) is 37.4 Å². The molecule has 0 fully saturated rings. The summed E-state index contributed by atoms with van der Waals surface area (Å²) in [5.74, 6) is -0.174. The molecule has 0 spiro atoms. The van der Waals surface area contributed by atoms with Gasteiger partial charge in [0.25, 0.3) is 5.56 Å². The first-order valence-electron chi connectivity index (χ1n) is 9.70. The Kier molecular flexibility index (Phi) is 6.02. The molecule has 30 heavy (non-hydrogen) atoms. The van der Waals surface area contributed by atoms with Crippen LogP contribution in [-0.4, -0.2) is 21.2 Å². The summed E-state index contributed by atoms with van der Waals surface area (Å²) in [7, 11) is 0. The molecule has 152 valence electrons. The molecule has 4 rings (SSSR count). The topological polar surface area (TPSA) is 87.8 Å². The lowest BCUT2D eigenvalue weighted by atomic mass is 9.97. The number of carbonyl (C=O) groups is 1. The molecule has 1 aliphatic rings. The van der Waals surface area contributed by atoms with Gasteiger partial charge in [-0.25, -0.2) is 4.98 Å². The number of benzene rings is 1. The number of nitrogens with one attached hydrogen (secondary N) is 1. The van der Waals surface area contributed by atoms with Gasteiger partial charge in [-0.3, -0.25) is 14.2 Å². The van der Waals surface area contributed by atoms with E-state index in [1.54, 1.807) is 46.2 Å². The smallest absolute Gasteiger partial charge is 0.263 e. The highest BCUT2D eigenvalue weighted by molar-refractivity contribution is 7.99. The van der Waals surface area contributed by atoms with Crippen LogP contribution in [0.15, 0.2) is 46.9 Å². The molecule has 0 atom stereocenters. The van der Waals surface area contributed by atoms with Crippen molar-refractivity contribution in [3.8, 4) is 6.07 Å². The van der Waals surface area contributed by atoms with Crippen LogP contribution in [0.25, 0.3) is 10.2 Å². The summed E-state index contributed by atoms with van der Waals surface area (Å²) in [5.41, 5.74) is 1.97. The molecule has 8 heteroatoms. The molecule has 1 amide bonds. The van der Waals surface area contributed by atoms with Crippen molar-refractivity contribution < 1.29 is 4.79 Å². The second kappa shape index (κ2) is 8.86. The van der Waals surface area contributed by atoms with E-state index in [4.69, 9.17) is 4.98 Å². The Bertz CT molecular complexity index is 1240. The lowest BCUT2D eigenvalue weighted by Crippen LogP contribution is -2.24. The van der Waals surface area contributed by atoms with Crippen LogP contribution in [0.3, 0.4) is 0 Å². The molecule has 3 aromatic rings. The SMILES string of the molecule is C=CCn1c(SCC(=O)Nc2ccccc2C#N)nc2sc3c(c2c1=O)CCCC3. The van der Waals surface area contributed by atoms with Crippen LogP contribution in [-0.2, 0) is 24.2 Å². The number of hydrogen-bond donors (Lipinski definition) is 1. The molecule has 0 bridgehead atoms. The van der Waals surface area contributed by atoms with E-state index in [-0.39, 0.29) is 17.2 Å². The summed E-state index contributed by atoms with van der Waals surface area (Å²) >= 11 is 2.81. The number of amides is 1. The fourth-order valence-electron chi connectivity index (χ4n) is 3.63. The van der Waals surface area contributed by atoms with E-state index in [2.05, 4.69) is 18.0 Å². The standard InChI is InChI=1S/C22H20N4O2S2/c1-2-11-26-21(28)19-15-8-4-6-10-17(15)30-20(19)25-22(26)29-13-18(27)24-16-9-5-3-7-14(16)12-23/h2-3,5,7,9H,1,4,6,8,10-11,13H2,(H,24,27). The Morgan fingerprint density at radius 2 is 2.17 bits per heavy atom. The minimum Gasteiger partial charge on any atom is -0.324 e. The highest BCUT2D eigenvalue weighted by Crippen LogP contribution is 2.34. The third-order valence-corrected chi connectivity index (χ3v) is 7.17. The van der Waals surface area contributed by atoms with E-state index >= 15 is 0 Å². The van der Waals surface area contributed by atoms with Gasteiger partial charge < -0.3 is 5.32 Å². The van der Waals surface area contributed by atoms with Gasteiger partial charge in [-0.15, -0.1) is 17.9 Å². The summed E-state index contributed by atoms with van der Waals surface area (Å²) in [5, 5.41) is 13.2. The maximum atomic E-state index is 13.2. The van der Waals surface area contributed by atoms with Gasteiger partial charge in [0.2, 0.25) is 5.91 Å². The van der Waals surface area contributed by atoms with Gasteiger partial charge in [-0.05, 0) is 43.4 Å². The van der Waals surface area contributed by atoms with Crippen LogP contribution < -0.4 is 10.9 Å². The number of aryl methyl sites for hydroxylation is 2. The van der Waals surface area contributed by atoms with Crippen molar-refractivity contribution in [2.75, 3.05) is 11.1 Å². The zero-order valence-electron chi connectivity index (χ0n) is 16.3. The molecular formula is C22H20N4O2S2. The van der Waals surface area contributed by atoms with E-state index in [0.29, 0.717) is 23.0 Å². The first-order valence-corrected chi connectivity index (χ1v) is 11.5. The van der Waals surface area contributed by atoms with Crippen LogP contribution >= 0.6 is 23.1 Å². The first-order chi connectivity index (χ1) is 14.6. The number of rotatable bonds is 6. The fraction of sp³-hybridized carbons (Fsp3) is 0.273. The third kappa shape index (κ3) is 3.91. The average Bonchev–Trinajstić information content (AvgIpc) is 3.13. The quantitative estimate of drug-likeness (QED) is 0.357. The van der Waals surface area contributed by atoms with Crippen LogP contribution in [0, 0.1) is 11.3 Å². The molecule has 1 N–H and O–H groups in total. The molecular weight excluding hydrogens is 416 g/mol. The molecule has 0 unspecified atom stereocenters. The van der Waals surface area contributed by atoms with Crippen molar-refractivity contribution in [3.05, 3.63) is 63.3 Å². The number of nitriles is 1. The third-order valence-electron chi connectivity index (χ3n) is 5.01. The van der Waals surface area contributed by atoms with Crippen molar-refractivity contribution in [1.29, 1.82) is 5.26 Å². The van der Waals surface area contributed by atoms with Crippen LogP contribution in [0.5, 0.6) is 0 Å². The summed E-state index contributed by atoms with van der Waals surface area (Å²) in [6.07, 6.45) is 5.84. The van der Waals surface area contributed by atoms with Gasteiger partial charge in [0.15, 0.2) is 5.16 Å². The van der Waals surface area contributed by atoms with Gasteiger partial charge in [0.05, 0.1) is 22.4 Å². The monoisotopic (exact) mass is 436 g/mol. The second-order valence-corrected chi connectivity index (χ2v) is 9.01. The van der Waals surface area contributed by atoms with Crippen molar-refractivity contribution in [1.82, 2.24) is 9.55 Å². The Labute approximate surface area is 182 Å². The molecule has 0 saturated heterocycles. The molecule has 0 radical (unpaired) electrons. The minimum atomic E-state index is -0.257. The van der Waals surface area contributed by atoms with Gasteiger partial charge in [-0.2, -0.15) is 5.26 Å². The van der Waals surface area contributed by atoms with Crippen LogP contribution in [0.4, 0.5) is 5.69 Å². The number of carbonyl (C=O) groups excluding carboxylic acids is 1. The number of thiophene rings is 1. The van der Waals surface area contributed by atoms with Crippen LogP contribution in [0.2, 0.25) is 0 Å². The average molecular weight is 437 g/mol. The predicted molar refractivity (Wildman–Crippen MR) is 121 cm³/mol. The van der Waals surface area contributed by atoms with Gasteiger partial charge in [0.1, 0.15) is 10.9 Å². The zero-order chi connectivity index (χ0) is 21.1. The van der Waals surface area contributed by atoms with Crippen molar-refractivity contribution in [3.63, 3.8) is 0 Å².